The van der Waals surface area contributed by atoms with Gasteiger partial charge in [0.05, 0.1) is 27.2 Å². The third-order valence-electron chi connectivity index (χ3n) is 4.27. The number of amides is 2. The molecule has 11 heteroatoms. The molecule has 0 aliphatic carbocycles. The molecule has 0 unspecified atom stereocenters. The van der Waals surface area contributed by atoms with Gasteiger partial charge in [-0.25, -0.2) is 4.98 Å². The van der Waals surface area contributed by atoms with Crippen molar-refractivity contribution in [2.45, 2.75) is 0 Å². The van der Waals surface area contributed by atoms with Gasteiger partial charge in [0, 0.05) is 31.7 Å². The number of hydrogen-bond acceptors (Lipinski definition) is 8. The minimum Gasteiger partial charge on any atom is -0.386 e. The van der Waals surface area contributed by atoms with E-state index in [1.807, 2.05) is 24.3 Å². The fraction of sp³-hybridized carbons (Fsp3) is 0.100. The maximum absolute atomic E-state index is 10.7. The van der Waals surface area contributed by atoms with Crippen LogP contribution in [0.4, 0.5) is 45.9 Å². The second-order valence-corrected chi connectivity index (χ2v) is 7.04. The van der Waals surface area contributed by atoms with Gasteiger partial charge < -0.3 is 31.9 Å². The summed E-state index contributed by atoms with van der Waals surface area (Å²) in [6.07, 6.45) is 2.89. The molecular weight excluding hydrogens is 464 g/mol. The molecule has 0 aliphatic heterocycles. The first kappa shape index (κ1) is 21.8. The number of halogens is 1. The van der Waals surface area contributed by atoms with E-state index in [4.69, 9.17) is 0 Å². The normalized spacial score (nSPS) is 10.0. The monoisotopic (exact) mass is 484 g/mol. The van der Waals surface area contributed by atoms with Gasteiger partial charge in [-0.05, 0) is 52.3 Å². The Hall–Kier alpha value is -3.86. The summed E-state index contributed by atoms with van der Waals surface area (Å²) >= 11 is 3.46. The number of nitrogens with one attached hydrogen (secondary N) is 6. The van der Waals surface area contributed by atoms with Crippen LogP contribution in [0.15, 0.2) is 47.1 Å². The summed E-state index contributed by atoms with van der Waals surface area (Å²) in [5.41, 5.74) is 4.35. The van der Waals surface area contributed by atoms with Crippen LogP contribution in [0.5, 0.6) is 0 Å². The van der Waals surface area contributed by atoms with E-state index in [-0.39, 0.29) is 0 Å². The van der Waals surface area contributed by atoms with Gasteiger partial charge in [0.2, 0.25) is 18.8 Å². The summed E-state index contributed by atoms with van der Waals surface area (Å²) in [6, 6.07) is 10.9. The number of aromatic nitrogens is 2. The number of carbonyl (C=O) groups excluding carboxylic acids is 2. The van der Waals surface area contributed by atoms with Crippen molar-refractivity contribution >= 4 is 74.6 Å². The molecule has 1 heterocycles. The maximum Gasteiger partial charge on any atom is 0.229 e. The van der Waals surface area contributed by atoms with Crippen molar-refractivity contribution < 1.29 is 9.59 Å². The topological polar surface area (TPSA) is 132 Å². The van der Waals surface area contributed by atoms with E-state index in [9.17, 15) is 9.59 Å². The third-order valence-corrected chi connectivity index (χ3v) is 4.85. The van der Waals surface area contributed by atoms with E-state index in [0.717, 1.165) is 22.7 Å². The highest BCUT2D eigenvalue weighted by atomic mass is 79.9. The fourth-order valence-electron chi connectivity index (χ4n) is 2.82. The molecule has 2 amide bonds. The second kappa shape index (κ2) is 10.3. The van der Waals surface area contributed by atoms with E-state index in [0.29, 0.717) is 40.4 Å². The van der Waals surface area contributed by atoms with Crippen LogP contribution in [0.3, 0.4) is 0 Å². The minimum atomic E-state index is 0.386. The molecule has 160 valence electrons. The van der Waals surface area contributed by atoms with Gasteiger partial charge in [-0.3, -0.25) is 9.59 Å². The number of rotatable bonds is 10. The van der Waals surface area contributed by atoms with Gasteiger partial charge in [0.15, 0.2) is 0 Å². The van der Waals surface area contributed by atoms with Crippen LogP contribution >= 0.6 is 15.9 Å². The largest absolute Gasteiger partial charge is 0.386 e. The molecule has 0 atom stereocenters. The molecule has 0 fully saturated rings. The quantitative estimate of drug-likeness (QED) is 0.238. The average Bonchev–Trinajstić information content (AvgIpc) is 2.78. The molecule has 1 aromatic heterocycles. The molecule has 10 nitrogen and oxygen atoms in total. The van der Waals surface area contributed by atoms with Crippen LogP contribution in [0.1, 0.15) is 0 Å². The van der Waals surface area contributed by atoms with E-state index in [1.165, 1.54) is 0 Å². The summed E-state index contributed by atoms with van der Waals surface area (Å²) in [5.74, 6) is 0.945. The van der Waals surface area contributed by atoms with Crippen LogP contribution in [0.25, 0.3) is 0 Å². The first-order valence-corrected chi connectivity index (χ1v) is 9.97. The molecule has 0 radical (unpaired) electrons. The van der Waals surface area contributed by atoms with Gasteiger partial charge in [-0.2, -0.15) is 4.98 Å². The lowest BCUT2D eigenvalue weighted by molar-refractivity contribution is -0.106. The molecule has 3 aromatic rings. The predicted octanol–water partition coefficient (Wildman–Crippen LogP) is 3.95. The first-order chi connectivity index (χ1) is 15.1. The SMILES string of the molecule is CNc1cc(Nc2ncc(Br)c(Nc3ccc(NC=O)c(NC)c3)n2)ccc1NC=O. The van der Waals surface area contributed by atoms with Crippen molar-refractivity contribution in [2.24, 2.45) is 0 Å². The number of hydrogen-bond donors (Lipinski definition) is 6. The molecular formula is C20H21BrN8O2. The Bertz CT molecular complexity index is 1090. The zero-order valence-electron chi connectivity index (χ0n) is 16.8. The lowest BCUT2D eigenvalue weighted by Crippen LogP contribution is -2.04. The molecule has 31 heavy (non-hydrogen) atoms. The van der Waals surface area contributed by atoms with Crippen molar-refractivity contribution in [1.29, 1.82) is 0 Å². The highest BCUT2D eigenvalue weighted by molar-refractivity contribution is 9.10. The summed E-state index contributed by atoms with van der Waals surface area (Å²) < 4.78 is 0.681. The van der Waals surface area contributed by atoms with Crippen LogP contribution in [0.2, 0.25) is 0 Å². The number of anilines is 8. The molecule has 0 aliphatic rings. The smallest absolute Gasteiger partial charge is 0.229 e. The van der Waals surface area contributed by atoms with Crippen LogP contribution < -0.4 is 31.9 Å². The minimum absolute atomic E-state index is 0.386. The van der Waals surface area contributed by atoms with Crippen LogP contribution in [-0.2, 0) is 9.59 Å². The highest BCUT2D eigenvalue weighted by Crippen LogP contribution is 2.30. The Morgan fingerprint density at radius 1 is 0.806 bits per heavy atom. The van der Waals surface area contributed by atoms with Crippen LogP contribution in [-0.4, -0.2) is 36.9 Å². The highest BCUT2D eigenvalue weighted by Gasteiger charge is 2.09. The molecule has 0 saturated carbocycles. The van der Waals surface area contributed by atoms with E-state index < -0.39 is 0 Å². The molecule has 2 aromatic carbocycles. The molecule has 6 N–H and O–H groups in total. The summed E-state index contributed by atoms with van der Waals surface area (Å²) in [7, 11) is 3.54. The number of nitrogens with zero attached hydrogens (tertiary/aromatic N) is 2. The number of carbonyl (C=O) groups is 2. The Balaban J connectivity index is 1.82. The molecule has 0 spiro atoms. The fourth-order valence-corrected chi connectivity index (χ4v) is 3.11. The molecule has 0 bridgehead atoms. The lowest BCUT2D eigenvalue weighted by atomic mass is 10.2. The van der Waals surface area contributed by atoms with E-state index in [1.54, 1.807) is 32.4 Å². The Morgan fingerprint density at radius 3 is 1.87 bits per heavy atom. The van der Waals surface area contributed by atoms with Gasteiger partial charge in [0.25, 0.3) is 0 Å². The summed E-state index contributed by atoms with van der Waals surface area (Å²) in [6.45, 7) is 0. The van der Waals surface area contributed by atoms with Crippen molar-refractivity contribution in [3.63, 3.8) is 0 Å². The van der Waals surface area contributed by atoms with Crippen LogP contribution in [0, 0.1) is 0 Å². The first-order valence-electron chi connectivity index (χ1n) is 9.18. The van der Waals surface area contributed by atoms with Gasteiger partial charge in [0.1, 0.15) is 5.82 Å². The maximum atomic E-state index is 10.7. The van der Waals surface area contributed by atoms with E-state index >= 15 is 0 Å². The number of benzene rings is 2. The summed E-state index contributed by atoms with van der Waals surface area (Å²) in [5, 5.41) is 17.7. The third kappa shape index (κ3) is 5.39. The average molecular weight is 485 g/mol. The summed E-state index contributed by atoms with van der Waals surface area (Å²) in [4.78, 5) is 30.3. The van der Waals surface area contributed by atoms with Gasteiger partial charge >= 0.3 is 0 Å². The van der Waals surface area contributed by atoms with Gasteiger partial charge in [-0.1, -0.05) is 0 Å². The Morgan fingerprint density at radius 2 is 1.35 bits per heavy atom. The Kier molecular flexibility index (Phi) is 7.22. The zero-order valence-corrected chi connectivity index (χ0v) is 18.4. The van der Waals surface area contributed by atoms with Crippen molar-refractivity contribution in [1.82, 2.24) is 9.97 Å². The van der Waals surface area contributed by atoms with Crippen molar-refractivity contribution in [3.05, 3.63) is 47.1 Å². The van der Waals surface area contributed by atoms with E-state index in [2.05, 4.69) is 57.8 Å². The zero-order chi connectivity index (χ0) is 22.2. The molecule has 3 rings (SSSR count). The van der Waals surface area contributed by atoms with Crippen molar-refractivity contribution in [2.75, 3.05) is 46.0 Å². The van der Waals surface area contributed by atoms with Gasteiger partial charge in [-0.15, -0.1) is 0 Å². The standard InChI is InChI=1S/C20H21BrN8O2/c1-22-17-7-12(3-5-15(17)25-10-30)27-19-14(21)9-24-20(29-19)28-13-4-6-16(26-11-31)18(8-13)23-2/h3-11,22-23H,1-2H3,(H,25,30)(H,26,31)(H2,24,27,28,29). The molecule has 0 saturated heterocycles. The lowest BCUT2D eigenvalue weighted by Gasteiger charge is -2.14. The second-order valence-electron chi connectivity index (χ2n) is 6.19. The predicted molar refractivity (Wildman–Crippen MR) is 128 cm³/mol. The van der Waals surface area contributed by atoms with Crippen molar-refractivity contribution in [3.8, 4) is 0 Å². The Labute approximate surface area is 187 Å².